The number of hydrogen-bond donors (Lipinski definition) is 2. The lowest BCUT2D eigenvalue weighted by molar-refractivity contribution is -0.148. The normalized spacial score (nSPS) is 18.6. The molecule has 0 unspecified atom stereocenters. The Labute approximate surface area is 221 Å². The number of halogens is 2. The van der Waals surface area contributed by atoms with Crippen molar-refractivity contribution in [2.24, 2.45) is 5.92 Å². The summed E-state index contributed by atoms with van der Waals surface area (Å²) < 4.78 is 33.1. The zero-order chi connectivity index (χ0) is 26.8. The standard InChI is InChI=1S/C28H37F2NO5S/c1-20(9-4-2-5-10-21-11-6-3-7-12-21)24(32)16-14-22-19-28(29,30)26(33)31(22)18-8-13-23-15-17-25(37-23)36-27(34)35/h3,6-7,11-12,15,17,20,22,24,32H,2,4-5,8-10,13-14,16,18-19H2,1H3,(H,34,35)/t20-,22+,24-/m1/s1. The lowest BCUT2D eigenvalue weighted by Gasteiger charge is -2.26. The smallest absolute Gasteiger partial charge is 0.449 e. The molecule has 1 aliphatic heterocycles. The largest absolute Gasteiger partial charge is 0.512 e. The van der Waals surface area contributed by atoms with Crippen molar-refractivity contribution in [3.8, 4) is 5.06 Å². The van der Waals surface area contributed by atoms with Crippen LogP contribution in [0.3, 0.4) is 0 Å². The summed E-state index contributed by atoms with van der Waals surface area (Å²) in [5.41, 5.74) is 1.33. The highest BCUT2D eigenvalue weighted by Crippen LogP contribution is 2.36. The molecule has 1 saturated heterocycles. The Kier molecular flexibility index (Phi) is 10.9. The van der Waals surface area contributed by atoms with Crippen LogP contribution in [0, 0.1) is 5.92 Å². The Morgan fingerprint density at radius 3 is 2.59 bits per heavy atom. The average Bonchev–Trinajstić information content (AvgIpc) is 3.38. The van der Waals surface area contributed by atoms with Crippen molar-refractivity contribution in [3.63, 3.8) is 0 Å². The summed E-state index contributed by atoms with van der Waals surface area (Å²) in [6, 6.07) is 13.0. The number of rotatable bonds is 15. The van der Waals surface area contributed by atoms with Crippen LogP contribution >= 0.6 is 11.3 Å². The lowest BCUT2D eigenvalue weighted by Crippen LogP contribution is -2.37. The molecule has 2 heterocycles. The SMILES string of the molecule is C[C@H](CCCCCc1ccccc1)[C@H](O)CC[C@H]1CC(F)(F)C(=O)N1CCCc1ccc(OC(=O)O)s1. The van der Waals surface area contributed by atoms with E-state index in [1.165, 1.54) is 21.8 Å². The van der Waals surface area contributed by atoms with Crippen LogP contribution in [0.2, 0.25) is 0 Å². The van der Waals surface area contributed by atoms with E-state index in [1.54, 1.807) is 12.1 Å². The van der Waals surface area contributed by atoms with Crippen molar-refractivity contribution in [2.45, 2.75) is 89.2 Å². The predicted octanol–water partition coefficient (Wildman–Crippen LogP) is 6.55. The first kappa shape index (κ1) is 29.0. The molecule has 204 valence electrons. The lowest BCUT2D eigenvalue weighted by atomic mass is 9.92. The van der Waals surface area contributed by atoms with Gasteiger partial charge in [-0.05, 0) is 68.6 Å². The summed E-state index contributed by atoms with van der Waals surface area (Å²) in [7, 11) is 0. The highest BCUT2D eigenvalue weighted by molar-refractivity contribution is 7.13. The maximum atomic E-state index is 14.2. The summed E-state index contributed by atoms with van der Waals surface area (Å²) in [6.45, 7) is 2.19. The van der Waals surface area contributed by atoms with E-state index in [2.05, 4.69) is 16.9 Å². The number of carboxylic acid groups (broad SMARTS) is 1. The molecule has 0 saturated carbocycles. The van der Waals surface area contributed by atoms with Crippen molar-refractivity contribution in [1.29, 1.82) is 0 Å². The highest BCUT2D eigenvalue weighted by atomic mass is 32.1. The number of aliphatic hydroxyl groups is 1. The topological polar surface area (TPSA) is 87.1 Å². The molecule has 2 aromatic rings. The number of amides is 1. The van der Waals surface area contributed by atoms with Gasteiger partial charge in [0, 0.05) is 23.9 Å². The van der Waals surface area contributed by atoms with E-state index in [1.807, 2.05) is 25.1 Å². The molecule has 1 aromatic carbocycles. The number of ether oxygens (including phenoxy) is 1. The van der Waals surface area contributed by atoms with Crippen LogP contribution in [0.5, 0.6) is 5.06 Å². The van der Waals surface area contributed by atoms with Gasteiger partial charge in [-0.2, -0.15) is 8.78 Å². The van der Waals surface area contributed by atoms with Gasteiger partial charge in [0.05, 0.1) is 6.10 Å². The first-order valence-electron chi connectivity index (χ1n) is 13.1. The van der Waals surface area contributed by atoms with E-state index in [9.17, 15) is 23.5 Å². The fourth-order valence-electron chi connectivity index (χ4n) is 4.93. The zero-order valence-corrected chi connectivity index (χ0v) is 22.1. The Morgan fingerprint density at radius 2 is 1.86 bits per heavy atom. The minimum atomic E-state index is -3.37. The number of alkyl halides is 2. The van der Waals surface area contributed by atoms with Gasteiger partial charge in [-0.15, -0.1) is 11.3 Å². The van der Waals surface area contributed by atoms with Crippen molar-refractivity contribution in [1.82, 2.24) is 4.90 Å². The van der Waals surface area contributed by atoms with Crippen LogP contribution in [0.15, 0.2) is 42.5 Å². The number of carbonyl (C=O) groups excluding carboxylic acids is 1. The van der Waals surface area contributed by atoms with Crippen LogP contribution in [0.1, 0.15) is 68.7 Å². The number of aryl methyl sites for hydroxylation is 2. The van der Waals surface area contributed by atoms with Gasteiger partial charge in [0.15, 0.2) is 5.06 Å². The first-order chi connectivity index (χ1) is 17.7. The number of benzene rings is 1. The molecular weight excluding hydrogens is 500 g/mol. The summed E-state index contributed by atoms with van der Waals surface area (Å²) in [5, 5.41) is 19.6. The molecule has 0 spiro atoms. The molecule has 2 N–H and O–H groups in total. The maximum absolute atomic E-state index is 14.2. The average molecular weight is 538 g/mol. The molecule has 1 aliphatic rings. The Balaban J connectivity index is 1.39. The number of carbonyl (C=O) groups is 2. The summed E-state index contributed by atoms with van der Waals surface area (Å²) in [6.07, 6.45) is 4.37. The van der Waals surface area contributed by atoms with Crippen molar-refractivity contribution in [2.75, 3.05) is 6.54 Å². The first-order valence-corrected chi connectivity index (χ1v) is 13.9. The number of aliphatic hydroxyl groups excluding tert-OH is 1. The van der Waals surface area contributed by atoms with Crippen LogP contribution in [0.25, 0.3) is 0 Å². The van der Waals surface area contributed by atoms with Crippen molar-refractivity contribution in [3.05, 3.63) is 52.9 Å². The van der Waals surface area contributed by atoms with E-state index in [0.29, 0.717) is 25.7 Å². The Hall–Kier alpha value is -2.52. The molecule has 1 amide bonds. The van der Waals surface area contributed by atoms with Gasteiger partial charge >= 0.3 is 12.1 Å². The van der Waals surface area contributed by atoms with E-state index >= 15 is 0 Å². The third kappa shape index (κ3) is 9.07. The molecule has 1 aromatic heterocycles. The van der Waals surface area contributed by atoms with Gasteiger partial charge in [0.2, 0.25) is 0 Å². The minimum Gasteiger partial charge on any atom is -0.449 e. The molecule has 0 radical (unpaired) electrons. The second-order valence-electron chi connectivity index (χ2n) is 9.96. The third-order valence-electron chi connectivity index (χ3n) is 7.07. The Bertz CT molecular complexity index is 999. The molecular formula is C28H37F2NO5S. The van der Waals surface area contributed by atoms with Crippen molar-refractivity contribution < 1.29 is 33.3 Å². The number of unbranched alkanes of at least 4 members (excludes halogenated alkanes) is 2. The predicted molar refractivity (Wildman–Crippen MR) is 139 cm³/mol. The minimum absolute atomic E-state index is 0.0730. The van der Waals surface area contributed by atoms with Gasteiger partial charge in [0.25, 0.3) is 5.91 Å². The van der Waals surface area contributed by atoms with Gasteiger partial charge in [-0.25, -0.2) is 4.79 Å². The van der Waals surface area contributed by atoms with Gasteiger partial charge < -0.3 is 19.8 Å². The second-order valence-corrected chi connectivity index (χ2v) is 11.1. The molecule has 3 atom stereocenters. The summed E-state index contributed by atoms with van der Waals surface area (Å²) >= 11 is 1.18. The quantitative estimate of drug-likeness (QED) is 0.199. The molecule has 9 heteroatoms. The van der Waals surface area contributed by atoms with Gasteiger partial charge in [0.1, 0.15) is 0 Å². The summed E-state index contributed by atoms with van der Waals surface area (Å²) in [5.74, 6) is -4.44. The van der Waals surface area contributed by atoms with Gasteiger partial charge in [-0.1, -0.05) is 50.1 Å². The van der Waals surface area contributed by atoms with Crippen LogP contribution in [0.4, 0.5) is 13.6 Å². The fourth-order valence-corrected chi connectivity index (χ4v) is 5.82. The molecule has 6 nitrogen and oxygen atoms in total. The molecule has 1 fully saturated rings. The number of hydrogen-bond acceptors (Lipinski definition) is 5. The Morgan fingerprint density at radius 1 is 1.11 bits per heavy atom. The van der Waals surface area contributed by atoms with Crippen LogP contribution < -0.4 is 4.74 Å². The molecule has 3 rings (SSSR count). The molecule has 37 heavy (non-hydrogen) atoms. The highest BCUT2D eigenvalue weighted by Gasteiger charge is 2.52. The second kappa shape index (κ2) is 13.9. The maximum Gasteiger partial charge on any atom is 0.512 e. The summed E-state index contributed by atoms with van der Waals surface area (Å²) in [4.78, 5) is 25.1. The van der Waals surface area contributed by atoms with E-state index in [4.69, 9.17) is 5.11 Å². The van der Waals surface area contributed by atoms with E-state index < -0.39 is 36.6 Å². The number of nitrogens with zero attached hydrogens (tertiary/aromatic N) is 1. The zero-order valence-electron chi connectivity index (χ0n) is 21.3. The van der Waals surface area contributed by atoms with Gasteiger partial charge in [-0.3, -0.25) is 4.79 Å². The van der Waals surface area contributed by atoms with Crippen LogP contribution in [-0.4, -0.2) is 51.8 Å². The number of likely N-dealkylation sites (tertiary alicyclic amines) is 1. The third-order valence-corrected chi connectivity index (χ3v) is 8.10. The molecule has 0 bridgehead atoms. The number of thiophene rings is 1. The monoisotopic (exact) mass is 537 g/mol. The van der Waals surface area contributed by atoms with Crippen molar-refractivity contribution >= 4 is 23.4 Å². The van der Waals surface area contributed by atoms with E-state index in [-0.39, 0.29) is 17.5 Å². The fraction of sp³-hybridized carbons (Fsp3) is 0.571. The van der Waals surface area contributed by atoms with E-state index in [0.717, 1.165) is 37.0 Å². The molecule has 0 aliphatic carbocycles. The van der Waals surface area contributed by atoms with Crippen LogP contribution in [-0.2, 0) is 17.6 Å².